The van der Waals surface area contributed by atoms with Crippen molar-refractivity contribution < 1.29 is 10.2 Å². The van der Waals surface area contributed by atoms with Crippen molar-refractivity contribution in [1.29, 1.82) is 0 Å². The summed E-state index contributed by atoms with van der Waals surface area (Å²) in [5, 5.41) is 19.9. The Morgan fingerprint density at radius 2 is 1.28 bits per heavy atom. The van der Waals surface area contributed by atoms with Crippen molar-refractivity contribution in [3.8, 4) is 5.75 Å². The van der Waals surface area contributed by atoms with E-state index in [4.69, 9.17) is 11.6 Å². The van der Waals surface area contributed by atoms with Crippen LogP contribution in [0.5, 0.6) is 5.75 Å². The number of aromatic hydroxyl groups is 1. The predicted molar refractivity (Wildman–Crippen MR) is 104 cm³/mol. The highest BCUT2D eigenvalue weighted by atomic mass is 35.5. The van der Waals surface area contributed by atoms with Crippen molar-refractivity contribution in [3.63, 3.8) is 0 Å². The molecule has 0 heterocycles. The maximum absolute atomic E-state index is 9.63. The van der Waals surface area contributed by atoms with E-state index in [1.807, 2.05) is 66.7 Å². The van der Waals surface area contributed by atoms with Crippen LogP contribution in [0.4, 0.5) is 0 Å². The second-order valence-corrected chi connectivity index (χ2v) is 6.18. The fraction of sp³-hybridized carbons (Fsp3) is 0.0909. The zero-order chi connectivity index (χ0) is 17.6. The number of benzene rings is 3. The lowest BCUT2D eigenvalue weighted by atomic mass is 9.88. The summed E-state index contributed by atoms with van der Waals surface area (Å²) in [7, 11) is 0. The Kier molecular flexibility index (Phi) is 5.54. The van der Waals surface area contributed by atoms with Crippen LogP contribution < -0.4 is 0 Å². The molecule has 3 aromatic rings. The minimum Gasteiger partial charge on any atom is -0.508 e. The number of hydrogen-bond donors (Lipinski definition) is 2. The first kappa shape index (κ1) is 17.3. The lowest BCUT2D eigenvalue weighted by Crippen LogP contribution is -1.97. The van der Waals surface area contributed by atoms with Gasteiger partial charge in [-0.15, -0.1) is 0 Å². The molecule has 3 rings (SSSR count). The topological polar surface area (TPSA) is 40.5 Å². The van der Waals surface area contributed by atoms with Crippen LogP contribution in [0.1, 0.15) is 23.1 Å². The first-order valence-electron chi connectivity index (χ1n) is 8.14. The van der Waals surface area contributed by atoms with E-state index in [-0.39, 0.29) is 12.4 Å². The fourth-order valence-corrected chi connectivity index (χ4v) is 3.05. The van der Waals surface area contributed by atoms with E-state index in [9.17, 15) is 10.2 Å². The standard InChI is InChI=1S/C22H19ClO2/c23-19-10-6-17(7-11-19)22(18-8-12-20(25)13-9-18)21(14-15-24)16-4-2-1-3-5-16/h1-13,24-25H,14-15H2/b22-21-. The molecular formula is C22H19ClO2. The second-order valence-electron chi connectivity index (χ2n) is 5.75. The monoisotopic (exact) mass is 350 g/mol. The number of rotatable bonds is 5. The molecule has 3 aromatic carbocycles. The van der Waals surface area contributed by atoms with Gasteiger partial charge in [0.05, 0.1) is 0 Å². The van der Waals surface area contributed by atoms with Crippen molar-refractivity contribution in [2.45, 2.75) is 6.42 Å². The summed E-state index contributed by atoms with van der Waals surface area (Å²) in [6.45, 7) is 0.0550. The first-order valence-corrected chi connectivity index (χ1v) is 8.51. The number of hydrogen-bond acceptors (Lipinski definition) is 2. The predicted octanol–water partition coefficient (Wildman–Crippen LogP) is 5.39. The van der Waals surface area contributed by atoms with Gasteiger partial charge in [-0.05, 0) is 58.5 Å². The molecule has 3 heteroatoms. The van der Waals surface area contributed by atoms with E-state index in [1.54, 1.807) is 12.1 Å². The summed E-state index contributed by atoms with van der Waals surface area (Å²) in [4.78, 5) is 0. The van der Waals surface area contributed by atoms with Gasteiger partial charge in [0.2, 0.25) is 0 Å². The van der Waals surface area contributed by atoms with E-state index in [1.165, 1.54) is 0 Å². The molecule has 0 aliphatic carbocycles. The summed E-state index contributed by atoms with van der Waals surface area (Å²) in [6, 6.07) is 24.8. The third kappa shape index (κ3) is 4.11. The number of phenolic OH excluding ortho intramolecular Hbond substituents is 1. The molecule has 2 N–H and O–H groups in total. The average molecular weight is 351 g/mol. The molecule has 0 atom stereocenters. The Labute approximate surface area is 152 Å². The largest absolute Gasteiger partial charge is 0.508 e. The van der Waals surface area contributed by atoms with Gasteiger partial charge in [0.1, 0.15) is 5.75 Å². The number of aliphatic hydroxyl groups excluding tert-OH is 1. The molecule has 0 fully saturated rings. The minimum absolute atomic E-state index is 0.0550. The molecule has 0 aliphatic heterocycles. The van der Waals surface area contributed by atoms with E-state index in [2.05, 4.69) is 0 Å². The summed E-state index contributed by atoms with van der Waals surface area (Å²) in [6.07, 6.45) is 0.531. The third-order valence-electron chi connectivity index (χ3n) is 4.07. The minimum atomic E-state index is 0.0550. The van der Waals surface area contributed by atoms with Crippen LogP contribution in [0.2, 0.25) is 5.02 Å². The molecule has 0 spiro atoms. The van der Waals surface area contributed by atoms with E-state index in [0.29, 0.717) is 11.4 Å². The normalized spacial score (nSPS) is 11.9. The lowest BCUT2D eigenvalue weighted by Gasteiger charge is -2.17. The Morgan fingerprint density at radius 1 is 0.720 bits per heavy atom. The maximum Gasteiger partial charge on any atom is 0.115 e. The van der Waals surface area contributed by atoms with E-state index < -0.39 is 0 Å². The molecule has 0 unspecified atom stereocenters. The Hall–Kier alpha value is -2.55. The summed E-state index contributed by atoms with van der Waals surface area (Å²) >= 11 is 6.05. The number of phenols is 1. The van der Waals surface area contributed by atoms with Gasteiger partial charge in [-0.2, -0.15) is 0 Å². The average Bonchev–Trinajstić information content (AvgIpc) is 2.65. The van der Waals surface area contributed by atoms with Crippen LogP contribution in [-0.2, 0) is 0 Å². The van der Waals surface area contributed by atoms with Gasteiger partial charge < -0.3 is 10.2 Å². The van der Waals surface area contributed by atoms with Crippen LogP contribution in [-0.4, -0.2) is 16.8 Å². The summed E-state index contributed by atoms with van der Waals surface area (Å²) in [5.41, 5.74) is 5.14. The number of aliphatic hydroxyl groups is 1. The lowest BCUT2D eigenvalue weighted by molar-refractivity contribution is 0.305. The smallest absolute Gasteiger partial charge is 0.115 e. The van der Waals surface area contributed by atoms with Gasteiger partial charge in [-0.3, -0.25) is 0 Å². The molecule has 0 aliphatic rings. The molecule has 25 heavy (non-hydrogen) atoms. The highest BCUT2D eigenvalue weighted by molar-refractivity contribution is 6.30. The molecule has 0 radical (unpaired) electrons. The van der Waals surface area contributed by atoms with Gasteiger partial charge in [-0.25, -0.2) is 0 Å². The van der Waals surface area contributed by atoms with Crippen LogP contribution >= 0.6 is 11.6 Å². The van der Waals surface area contributed by atoms with Crippen LogP contribution in [0.15, 0.2) is 78.9 Å². The van der Waals surface area contributed by atoms with Crippen molar-refractivity contribution >= 4 is 22.7 Å². The fourth-order valence-electron chi connectivity index (χ4n) is 2.92. The van der Waals surface area contributed by atoms with Gasteiger partial charge >= 0.3 is 0 Å². The van der Waals surface area contributed by atoms with Crippen molar-refractivity contribution in [1.82, 2.24) is 0 Å². The van der Waals surface area contributed by atoms with Gasteiger partial charge in [0, 0.05) is 11.6 Å². The van der Waals surface area contributed by atoms with Gasteiger partial charge in [-0.1, -0.05) is 66.2 Å². The number of halogens is 1. The Balaban J connectivity index is 2.26. The van der Waals surface area contributed by atoms with Gasteiger partial charge in [0.15, 0.2) is 0 Å². The van der Waals surface area contributed by atoms with Crippen molar-refractivity contribution in [3.05, 3.63) is 101 Å². The maximum atomic E-state index is 9.63. The Morgan fingerprint density at radius 3 is 1.84 bits per heavy atom. The molecule has 0 aromatic heterocycles. The van der Waals surface area contributed by atoms with Gasteiger partial charge in [0.25, 0.3) is 0 Å². The molecule has 2 nitrogen and oxygen atoms in total. The SMILES string of the molecule is OCC/C(=C(/c1ccc(O)cc1)c1ccc(Cl)cc1)c1ccccc1. The van der Waals surface area contributed by atoms with Crippen LogP contribution in [0, 0.1) is 0 Å². The highest BCUT2D eigenvalue weighted by Crippen LogP contribution is 2.35. The molecular weight excluding hydrogens is 332 g/mol. The zero-order valence-electron chi connectivity index (χ0n) is 13.7. The van der Waals surface area contributed by atoms with Crippen LogP contribution in [0.25, 0.3) is 11.1 Å². The molecule has 0 saturated heterocycles. The van der Waals surface area contributed by atoms with Crippen LogP contribution in [0.3, 0.4) is 0 Å². The summed E-state index contributed by atoms with van der Waals surface area (Å²) < 4.78 is 0. The Bertz CT molecular complexity index is 803. The third-order valence-corrected chi connectivity index (χ3v) is 4.33. The highest BCUT2D eigenvalue weighted by Gasteiger charge is 2.14. The zero-order valence-corrected chi connectivity index (χ0v) is 14.4. The molecule has 0 saturated carbocycles. The quantitative estimate of drug-likeness (QED) is 0.606. The first-order chi connectivity index (χ1) is 12.2. The second kappa shape index (κ2) is 8.02. The molecule has 126 valence electrons. The van der Waals surface area contributed by atoms with E-state index >= 15 is 0 Å². The molecule has 0 amide bonds. The van der Waals surface area contributed by atoms with Crippen molar-refractivity contribution in [2.75, 3.05) is 6.61 Å². The summed E-state index contributed by atoms with van der Waals surface area (Å²) in [5.74, 6) is 0.225. The molecule has 0 bridgehead atoms. The van der Waals surface area contributed by atoms with Crippen molar-refractivity contribution in [2.24, 2.45) is 0 Å². The van der Waals surface area contributed by atoms with E-state index in [0.717, 1.165) is 27.8 Å².